The van der Waals surface area contributed by atoms with Crippen molar-refractivity contribution in [3.63, 3.8) is 0 Å². The summed E-state index contributed by atoms with van der Waals surface area (Å²) in [6.07, 6.45) is 6.49. The maximum absolute atomic E-state index is 10.9. The molecule has 0 aromatic carbocycles. The molecule has 1 fully saturated rings. The van der Waals surface area contributed by atoms with Crippen molar-refractivity contribution in [3.05, 3.63) is 0 Å². The van der Waals surface area contributed by atoms with E-state index in [-0.39, 0.29) is 10.4 Å². The Balaban J connectivity index is 2.19. The van der Waals surface area contributed by atoms with Crippen LogP contribution in [0.1, 0.15) is 32.1 Å². The fourth-order valence-electron chi connectivity index (χ4n) is 1.52. The first kappa shape index (κ1) is 9.52. The molecule has 0 atom stereocenters. The van der Waals surface area contributed by atoms with E-state index in [2.05, 4.69) is 0 Å². The van der Waals surface area contributed by atoms with Crippen molar-refractivity contribution in [2.24, 2.45) is 0 Å². The molecule has 0 aromatic rings. The van der Waals surface area contributed by atoms with Gasteiger partial charge in [-0.25, -0.2) is 0 Å². The number of carbonyl (C=O) groups is 1. The van der Waals surface area contributed by atoms with E-state index in [9.17, 15) is 4.79 Å². The molecule has 0 aliphatic heterocycles. The molecule has 3 heteroatoms. The number of rotatable bonds is 3. The third-order valence-corrected chi connectivity index (χ3v) is 6.30. The summed E-state index contributed by atoms with van der Waals surface area (Å²) in [6.45, 7) is -0.192. The molecule has 1 aliphatic rings. The van der Waals surface area contributed by atoms with Crippen LogP contribution in [0.3, 0.4) is 0 Å². The van der Waals surface area contributed by atoms with Crippen LogP contribution in [0.15, 0.2) is 0 Å². The third-order valence-electron chi connectivity index (χ3n) is 2.11. The molecule has 0 amide bonds. The van der Waals surface area contributed by atoms with Gasteiger partial charge in [-0.2, -0.15) is 0 Å². The fourth-order valence-corrected chi connectivity index (χ4v) is 5.07. The van der Waals surface area contributed by atoms with Gasteiger partial charge >= 0.3 is 77.5 Å². The minimum atomic E-state index is -0.869. The fraction of sp³-hybridized carbons (Fsp3) is 0.875. The summed E-state index contributed by atoms with van der Waals surface area (Å²) in [4.78, 5) is 10.9. The molecule has 1 aliphatic carbocycles. The predicted octanol–water partition coefficient (Wildman–Crippen LogP) is 0.962. The van der Waals surface area contributed by atoms with Crippen LogP contribution in [-0.2, 0) is 4.79 Å². The van der Waals surface area contributed by atoms with Gasteiger partial charge in [-0.05, 0) is 0 Å². The Morgan fingerprint density at radius 1 is 1.36 bits per heavy atom. The first-order valence-electron chi connectivity index (χ1n) is 4.23. The minimum absolute atomic E-state index is 0.181. The molecule has 2 nitrogen and oxygen atoms in total. The molecular formula is C8H14O2Sn. The van der Waals surface area contributed by atoms with Crippen LogP contribution < -0.4 is 0 Å². The molecule has 1 rings (SSSR count). The van der Waals surface area contributed by atoms with E-state index in [1.807, 2.05) is 0 Å². The van der Waals surface area contributed by atoms with Crippen LogP contribution >= 0.6 is 0 Å². The maximum atomic E-state index is 10.9. The number of aliphatic hydroxyl groups is 1. The van der Waals surface area contributed by atoms with Crippen LogP contribution in [0.4, 0.5) is 0 Å². The number of hydrogen-bond acceptors (Lipinski definition) is 2. The van der Waals surface area contributed by atoms with Crippen molar-refractivity contribution in [2.75, 3.05) is 6.61 Å². The Morgan fingerprint density at radius 2 is 2.00 bits per heavy atom. The molecule has 0 aromatic heterocycles. The summed E-state index contributed by atoms with van der Waals surface area (Å²) in [6, 6.07) is 0. The summed E-state index contributed by atoms with van der Waals surface area (Å²) in [5, 5.41) is 8.56. The SMILES string of the molecule is O=[C](CO)[Sn][CH]1CCCCC1. The Labute approximate surface area is 77.6 Å². The third kappa shape index (κ3) is 3.56. The van der Waals surface area contributed by atoms with Gasteiger partial charge < -0.3 is 0 Å². The topological polar surface area (TPSA) is 37.3 Å². The predicted molar refractivity (Wildman–Crippen MR) is 44.7 cm³/mol. The van der Waals surface area contributed by atoms with Crippen molar-refractivity contribution in [1.29, 1.82) is 0 Å². The molecule has 2 radical (unpaired) electrons. The van der Waals surface area contributed by atoms with Crippen LogP contribution in [0.25, 0.3) is 0 Å². The van der Waals surface area contributed by atoms with E-state index < -0.39 is 21.1 Å². The monoisotopic (exact) mass is 262 g/mol. The van der Waals surface area contributed by atoms with Gasteiger partial charge in [0.25, 0.3) is 0 Å². The van der Waals surface area contributed by atoms with Gasteiger partial charge in [0.1, 0.15) is 0 Å². The molecule has 11 heavy (non-hydrogen) atoms. The Morgan fingerprint density at radius 3 is 2.55 bits per heavy atom. The van der Waals surface area contributed by atoms with Gasteiger partial charge in [0.15, 0.2) is 0 Å². The number of carbonyl (C=O) groups excluding carboxylic acids is 1. The van der Waals surface area contributed by atoms with Gasteiger partial charge in [0.05, 0.1) is 0 Å². The Hall–Kier alpha value is 0.429. The second-order valence-electron chi connectivity index (χ2n) is 3.06. The average molecular weight is 261 g/mol. The quantitative estimate of drug-likeness (QED) is 0.768. The molecule has 0 unspecified atom stereocenters. The van der Waals surface area contributed by atoms with E-state index in [4.69, 9.17) is 5.11 Å². The van der Waals surface area contributed by atoms with Crippen molar-refractivity contribution < 1.29 is 9.90 Å². The second kappa shape index (κ2) is 5.14. The molecule has 62 valence electrons. The van der Waals surface area contributed by atoms with E-state index in [0.717, 1.165) is 3.93 Å². The van der Waals surface area contributed by atoms with Crippen molar-refractivity contribution in [2.45, 2.75) is 36.0 Å². The van der Waals surface area contributed by atoms with E-state index in [0.29, 0.717) is 0 Å². The molecule has 1 saturated carbocycles. The van der Waals surface area contributed by atoms with Crippen LogP contribution in [0, 0.1) is 0 Å². The van der Waals surface area contributed by atoms with E-state index in [1.54, 1.807) is 0 Å². The molecule has 0 heterocycles. The van der Waals surface area contributed by atoms with Gasteiger partial charge in [0, 0.05) is 0 Å². The van der Waals surface area contributed by atoms with Gasteiger partial charge in [0.2, 0.25) is 0 Å². The molecule has 0 spiro atoms. The summed E-state index contributed by atoms with van der Waals surface area (Å²) < 4.78 is 0.924. The molecule has 0 bridgehead atoms. The summed E-state index contributed by atoms with van der Waals surface area (Å²) >= 11 is -0.869. The molecule has 0 saturated heterocycles. The van der Waals surface area contributed by atoms with E-state index in [1.165, 1.54) is 32.1 Å². The van der Waals surface area contributed by atoms with Crippen LogP contribution in [-0.4, -0.2) is 36.7 Å². The van der Waals surface area contributed by atoms with E-state index >= 15 is 0 Å². The zero-order valence-electron chi connectivity index (χ0n) is 6.68. The average Bonchev–Trinajstić information content (AvgIpc) is 2.06. The summed E-state index contributed by atoms with van der Waals surface area (Å²) in [5.74, 6) is 0. The van der Waals surface area contributed by atoms with Crippen molar-refractivity contribution in [3.8, 4) is 0 Å². The second-order valence-corrected chi connectivity index (χ2v) is 7.81. The van der Waals surface area contributed by atoms with Crippen molar-refractivity contribution >= 4 is 24.9 Å². The van der Waals surface area contributed by atoms with Crippen LogP contribution in [0.2, 0.25) is 3.93 Å². The number of aliphatic hydroxyl groups excluding tert-OH is 1. The van der Waals surface area contributed by atoms with Gasteiger partial charge in [-0.15, -0.1) is 0 Å². The zero-order chi connectivity index (χ0) is 8.10. The molecule has 1 N–H and O–H groups in total. The van der Waals surface area contributed by atoms with Crippen LogP contribution in [0.5, 0.6) is 0 Å². The zero-order valence-corrected chi connectivity index (χ0v) is 9.53. The van der Waals surface area contributed by atoms with Gasteiger partial charge in [-0.1, -0.05) is 0 Å². The Kier molecular flexibility index (Phi) is 4.45. The molecular weight excluding hydrogens is 247 g/mol. The van der Waals surface area contributed by atoms with Gasteiger partial charge in [-0.3, -0.25) is 0 Å². The number of hydrogen-bond donors (Lipinski definition) is 1. The summed E-state index contributed by atoms with van der Waals surface area (Å²) in [5.41, 5.74) is 0. The standard InChI is InChI=1S/C6H11.C2H3O2.Sn/c1-2-4-6-5-3-1;3-1-2-4;/h1H,2-6H2;3H,1H2;. The van der Waals surface area contributed by atoms with Crippen molar-refractivity contribution in [1.82, 2.24) is 0 Å². The normalized spacial score (nSPS) is 20.1. The Bertz CT molecular complexity index is 130. The first-order valence-corrected chi connectivity index (χ1v) is 7.30. The first-order chi connectivity index (χ1) is 5.33. The summed E-state index contributed by atoms with van der Waals surface area (Å²) in [7, 11) is 0.